The van der Waals surface area contributed by atoms with E-state index in [9.17, 15) is 0 Å². The third-order valence-corrected chi connectivity index (χ3v) is 2.12. The van der Waals surface area contributed by atoms with E-state index in [1.165, 1.54) is 11.3 Å². The van der Waals surface area contributed by atoms with Gasteiger partial charge in [-0.1, -0.05) is 11.3 Å². The highest BCUT2D eigenvalue weighted by atomic mass is 32.1. The normalized spacial score (nSPS) is 15.6. The molecule has 5 nitrogen and oxygen atoms in total. The van der Waals surface area contributed by atoms with Crippen LogP contribution in [0.1, 0.15) is 6.92 Å². The first kappa shape index (κ1) is 9.37. The smallest absolute Gasteiger partial charge is 0.205 e. The molecule has 0 aliphatic rings. The fraction of sp³-hybridized carbons (Fsp3) is 0.667. The van der Waals surface area contributed by atoms with E-state index in [2.05, 4.69) is 15.5 Å². The van der Waals surface area contributed by atoms with E-state index >= 15 is 0 Å². The van der Waals surface area contributed by atoms with Crippen LogP contribution >= 0.6 is 11.3 Å². The van der Waals surface area contributed by atoms with Gasteiger partial charge in [0.2, 0.25) is 5.13 Å². The second-order valence-electron chi connectivity index (χ2n) is 2.53. The van der Waals surface area contributed by atoms with Crippen LogP contribution in [0, 0.1) is 0 Å². The first-order valence-corrected chi connectivity index (χ1v) is 4.52. The van der Waals surface area contributed by atoms with Crippen molar-refractivity contribution >= 4 is 16.5 Å². The number of aliphatic hydroxyl groups excluding tert-OH is 1. The molecule has 1 rings (SSSR count). The zero-order valence-corrected chi connectivity index (χ0v) is 7.58. The highest BCUT2D eigenvalue weighted by molar-refractivity contribution is 7.13. The number of aromatic nitrogens is 2. The number of rotatable bonds is 4. The summed E-state index contributed by atoms with van der Waals surface area (Å²) in [6, 6.07) is -0.270. The van der Waals surface area contributed by atoms with Crippen LogP contribution in [0.4, 0.5) is 5.13 Å². The number of hydrogen-bond donors (Lipinski definition) is 3. The van der Waals surface area contributed by atoms with Gasteiger partial charge in [0.15, 0.2) is 0 Å². The van der Waals surface area contributed by atoms with Crippen molar-refractivity contribution in [2.24, 2.45) is 5.73 Å². The maximum absolute atomic E-state index is 9.05. The van der Waals surface area contributed by atoms with Crippen molar-refractivity contribution in [1.29, 1.82) is 0 Å². The van der Waals surface area contributed by atoms with Crippen molar-refractivity contribution in [3.05, 3.63) is 5.51 Å². The Hall–Kier alpha value is -0.720. The van der Waals surface area contributed by atoms with Crippen molar-refractivity contribution in [2.45, 2.75) is 19.1 Å². The van der Waals surface area contributed by atoms with Gasteiger partial charge in [0.25, 0.3) is 0 Å². The number of nitrogens with two attached hydrogens (primary N) is 1. The predicted octanol–water partition coefficient (Wildman–Crippen LogP) is -0.342. The van der Waals surface area contributed by atoms with Crippen LogP contribution in [-0.4, -0.2) is 34.0 Å². The monoisotopic (exact) mass is 188 g/mol. The van der Waals surface area contributed by atoms with Crippen molar-refractivity contribution < 1.29 is 5.11 Å². The minimum atomic E-state index is -0.509. The van der Waals surface area contributed by atoms with Crippen LogP contribution in [0.15, 0.2) is 5.51 Å². The van der Waals surface area contributed by atoms with Gasteiger partial charge in [-0.3, -0.25) is 0 Å². The zero-order valence-electron chi connectivity index (χ0n) is 6.77. The Bertz CT molecular complexity index is 213. The summed E-state index contributed by atoms with van der Waals surface area (Å²) in [7, 11) is 0. The number of aliphatic hydroxyl groups is 1. The van der Waals surface area contributed by atoms with Crippen molar-refractivity contribution in [3.8, 4) is 0 Å². The second-order valence-corrected chi connectivity index (χ2v) is 3.36. The molecule has 4 N–H and O–H groups in total. The molecule has 0 spiro atoms. The van der Waals surface area contributed by atoms with Gasteiger partial charge in [-0.15, -0.1) is 10.2 Å². The molecule has 1 aromatic heterocycles. The minimum absolute atomic E-state index is 0.270. The lowest BCUT2D eigenvalue weighted by Gasteiger charge is -2.14. The fourth-order valence-corrected chi connectivity index (χ4v) is 1.08. The quantitative estimate of drug-likeness (QED) is 0.602. The van der Waals surface area contributed by atoms with E-state index in [0.29, 0.717) is 6.54 Å². The molecule has 1 aromatic rings. The van der Waals surface area contributed by atoms with Crippen LogP contribution in [-0.2, 0) is 0 Å². The van der Waals surface area contributed by atoms with Crippen LogP contribution < -0.4 is 11.1 Å². The highest BCUT2D eigenvalue weighted by Gasteiger charge is 2.08. The fourth-order valence-electron chi connectivity index (χ4n) is 0.626. The van der Waals surface area contributed by atoms with E-state index < -0.39 is 6.10 Å². The largest absolute Gasteiger partial charge is 0.392 e. The van der Waals surface area contributed by atoms with Crippen molar-refractivity contribution in [1.82, 2.24) is 10.2 Å². The lowest BCUT2D eigenvalue weighted by Crippen LogP contribution is -2.38. The third kappa shape index (κ3) is 2.72. The van der Waals surface area contributed by atoms with Gasteiger partial charge in [-0.05, 0) is 6.92 Å². The summed E-state index contributed by atoms with van der Waals surface area (Å²) >= 11 is 1.41. The number of hydrogen-bond acceptors (Lipinski definition) is 6. The Labute approximate surface area is 74.6 Å². The van der Waals surface area contributed by atoms with Gasteiger partial charge < -0.3 is 16.2 Å². The maximum atomic E-state index is 9.05. The maximum Gasteiger partial charge on any atom is 0.205 e. The molecule has 2 unspecified atom stereocenters. The summed E-state index contributed by atoms with van der Waals surface area (Å²) in [4.78, 5) is 0. The molecular formula is C6H12N4OS. The average molecular weight is 188 g/mol. The Morgan fingerprint density at radius 2 is 2.58 bits per heavy atom. The molecule has 0 amide bonds. The molecule has 2 atom stereocenters. The summed E-state index contributed by atoms with van der Waals surface area (Å²) in [6.07, 6.45) is -0.509. The molecule has 6 heteroatoms. The number of nitrogens with one attached hydrogen (secondary N) is 1. The number of anilines is 1. The average Bonchev–Trinajstić information content (AvgIpc) is 2.51. The summed E-state index contributed by atoms with van der Waals surface area (Å²) < 4.78 is 0. The molecule has 68 valence electrons. The van der Waals surface area contributed by atoms with Gasteiger partial charge in [-0.25, -0.2) is 0 Å². The van der Waals surface area contributed by atoms with Crippen LogP contribution in [0.25, 0.3) is 0 Å². The van der Waals surface area contributed by atoms with E-state index in [1.54, 1.807) is 12.4 Å². The first-order valence-electron chi connectivity index (χ1n) is 3.64. The Balaban J connectivity index is 2.27. The van der Waals surface area contributed by atoms with Crippen molar-refractivity contribution in [3.63, 3.8) is 0 Å². The van der Waals surface area contributed by atoms with Crippen LogP contribution in [0.2, 0.25) is 0 Å². The molecule has 0 saturated heterocycles. The molecule has 12 heavy (non-hydrogen) atoms. The SMILES string of the molecule is CC(O)C(N)CNc1nncs1. The van der Waals surface area contributed by atoms with E-state index in [4.69, 9.17) is 10.8 Å². The molecular weight excluding hydrogens is 176 g/mol. The van der Waals surface area contributed by atoms with Crippen molar-refractivity contribution in [2.75, 3.05) is 11.9 Å². The standard InChI is InChI=1S/C6H12N4OS/c1-4(11)5(7)2-8-6-10-9-3-12-6/h3-5,11H,2,7H2,1H3,(H,8,10). The van der Waals surface area contributed by atoms with Gasteiger partial charge in [0.05, 0.1) is 6.10 Å². The molecule has 0 radical (unpaired) electrons. The second kappa shape index (κ2) is 4.34. The minimum Gasteiger partial charge on any atom is -0.392 e. The Morgan fingerprint density at radius 3 is 3.08 bits per heavy atom. The molecule has 0 aromatic carbocycles. The summed E-state index contributed by atoms with van der Waals surface area (Å²) in [6.45, 7) is 2.17. The topological polar surface area (TPSA) is 84.1 Å². The van der Waals surface area contributed by atoms with Crippen LogP contribution in [0.5, 0.6) is 0 Å². The first-order chi connectivity index (χ1) is 5.70. The summed E-state index contributed by atoms with van der Waals surface area (Å²) in [5, 5.41) is 20.2. The lowest BCUT2D eigenvalue weighted by atomic mass is 10.2. The van der Waals surface area contributed by atoms with Gasteiger partial charge >= 0.3 is 0 Å². The lowest BCUT2D eigenvalue weighted by molar-refractivity contribution is 0.168. The molecule has 0 saturated carbocycles. The summed E-state index contributed by atoms with van der Waals surface area (Å²) in [5.41, 5.74) is 7.21. The molecule has 1 heterocycles. The zero-order chi connectivity index (χ0) is 8.97. The third-order valence-electron chi connectivity index (χ3n) is 1.47. The molecule has 0 fully saturated rings. The highest BCUT2D eigenvalue weighted by Crippen LogP contribution is 2.07. The Kier molecular flexibility index (Phi) is 3.39. The van der Waals surface area contributed by atoms with Gasteiger partial charge in [-0.2, -0.15) is 0 Å². The number of nitrogens with zero attached hydrogens (tertiary/aromatic N) is 2. The predicted molar refractivity (Wildman–Crippen MR) is 48.1 cm³/mol. The molecule has 0 aliphatic carbocycles. The van der Waals surface area contributed by atoms with Gasteiger partial charge in [0.1, 0.15) is 5.51 Å². The summed E-state index contributed by atoms with van der Waals surface area (Å²) in [5.74, 6) is 0. The Morgan fingerprint density at radius 1 is 1.83 bits per heavy atom. The van der Waals surface area contributed by atoms with Crippen LogP contribution in [0.3, 0.4) is 0 Å². The van der Waals surface area contributed by atoms with E-state index in [0.717, 1.165) is 5.13 Å². The van der Waals surface area contributed by atoms with E-state index in [-0.39, 0.29) is 6.04 Å². The molecule has 0 bridgehead atoms. The molecule has 0 aliphatic heterocycles. The van der Waals surface area contributed by atoms with Gasteiger partial charge in [0, 0.05) is 12.6 Å². The van der Waals surface area contributed by atoms with E-state index in [1.807, 2.05) is 0 Å².